The van der Waals surface area contributed by atoms with Gasteiger partial charge in [0.05, 0.1) is 13.2 Å². The van der Waals surface area contributed by atoms with Crippen LogP contribution in [0.1, 0.15) is 12.0 Å². The summed E-state index contributed by atoms with van der Waals surface area (Å²) in [4.78, 5) is 21.3. The average Bonchev–Trinajstić information content (AvgIpc) is 2.59. The highest BCUT2D eigenvalue weighted by Crippen LogP contribution is 2.14. The average molecular weight is 452 g/mol. The van der Waals surface area contributed by atoms with E-state index in [2.05, 4.69) is 38.4 Å². The van der Waals surface area contributed by atoms with E-state index in [4.69, 9.17) is 19.2 Å². The third-order valence-corrected chi connectivity index (χ3v) is 4.11. The van der Waals surface area contributed by atoms with Crippen molar-refractivity contribution in [2.45, 2.75) is 19.1 Å². The minimum atomic E-state index is -0.418. The quantitative estimate of drug-likeness (QED) is 0.121. The van der Waals surface area contributed by atoms with Gasteiger partial charge in [0.2, 0.25) is 0 Å². The first kappa shape index (κ1) is 20.2. The van der Waals surface area contributed by atoms with E-state index >= 15 is 0 Å². The van der Waals surface area contributed by atoms with Gasteiger partial charge in [0.15, 0.2) is 0 Å². The fourth-order valence-electron chi connectivity index (χ4n) is 1.45. The van der Waals surface area contributed by atoms with Crippen LogP contribution in [-0.4, -0.2) is 35.9 Å². The lowest BCUT2D eigenvalue weighted by Gasteiger charge is -2.11. The molecular formula is C16H20Br2O5. The van der Waals surface area contributed by atoms with E-state index in [1.807, 2.05) is 24.3 Å². The Labute approximate surface area is 153 Å². The minimum Gasteiger partial charge on any atom is -0.493 e. The van der Waals surface area contributed by atoms with Crippen LogP contribution >= 0.6 is 31.9 Å². The van der Waals surface area contributed by atoms with Crippen molar-refractivity contribution in [3.63, 3.8) is 0 Å². The number of alkyl halides is 2. The van der Waals surface area contributed by atoms with Gasteiger partial charge in [-0.2, -0.15) is 0 Å². The number of carbonyl (C=O) groups excluding carboxylic acids is 1. The van der Waals surface area contributed by atoms with Crippen molar-refractivity contribution in [2.75, 3.05) is 23.9 Å². The van der Waals surface area contributed by atoms with E-state index in [0.29, 0.717) is 36.9 Å². The van der Waals surface area contributed by atoms with E-state index in [9.17, 15) is 4.79 Å². The molecule has 0 aliphatic rings. The molecule has 0 fully saturated rings. The van der Waals surface area contributed by atoms with Crippen LogP contribution in [0, 0.1) is 0 Å². The Morgan fingerprint density at radius 1 is 1.17 bits per heavy atom. The second kappa shape index (κ2) is 12.5. The summed E-state index contributed by atoms with van der Waals surface area (Å²) in [6.45, 7) is 4.49. The number of hydrogen-bond donors (Lipinski definition) is 0. The van der Waals surface area contributed by atoms with Crippen LogP contribution in [0.3, 0.4) is 0 Å². The maximum atomic E-state index is 10.8. The van der Waals surface area contributed by atoms with Crippen LogP contribution in [0.25, 0.3) is 0 Å². The first-order chi connectivity index (χ1) is 11.2. The maximum absolute atomic E-state index is 10.8. The van der Waals surface area contributed by atoms with Crippen LogP contribution < -0.4 is 4.74 Å². The smallest absolute Gasteiger partial charge is 0.330 e. The van der Waals surface area contributed by atoms with Crippen molar-refractivity contribution in [3.05, 3.63) is 42.5 Å². The van der Waals surface area contributed by atoms with Gasteiger partial charge in [-0.25, -0.2) is 14.6 Å². The van der Waals surface area contributed by atoms with Crippen molar-refractivity contribution in [2.24, 2.45) is 0 Å². The Morgan fingerprint density at radius 3 is 2.48 bits per heavy atom. The Kier molecular flexibility index (Phi) is 11.0. The topological polar surface area (TPSA) is 54.0 Å². The molecule has 128 valence electrons. The number of hydrogen-bond acceptors (Lipinski definition) is 5. The predicted octanol–water partition coefficient (Wildman–Crippen LogP) is 3.79. The molecule has 0 unspecified atom stereocenters. The fraction of sp³-hybridized carbons (Fsp3) is 0.438. The molecule has 0 aliphatic carbocycles. The molecule has 0 heterocycles. The molecule has 1 aromatic carbocycles. The highest BCUT2D eigenvalue weighted by molar-refractivity contribution is 9.09. The zero-order valence-corrected chi connectivity index (χ0v) is 15.9. The van der Waals surface area contributed by atoms with Crippen LogP contribution in [0.5, 0.6) is 5.75 Å². The second-order valence-electron chi connectivity index (χ2n) is 4.51. The molecule has 0 amide bonds. The number of carbonyl (C=O) groups is 1. The molecule has 5 nitrogen and oxygen atoms in total. The molecule has 0 radical (unpaired) electrons. The third kappa shape index (κ3) is 9.10. The molecule has 0 N–H and O–H groups in total. The van der Waals surface area contributed by atoms with Crippen molar-refractivity contribution in [3.8, 4) is 5.75 Å². The SMILES string of the molecule is C=CC(=O)OCCCOc1ccc(COOC(CBr)CBr)cc1. The summed E-state index contributed by atoms with van der Waals surface area (Å²) in [6, 6.07) is 7.54. The van der Waals surface area contributed by atoms with E-state index in [1.54, 1.807) is 0 Å². The van der Waals surface area contributed by atoms with Gasteiger partial charge < -0.3 is 9.47 Å². The molecule has 0 saturated carbocycles. The van der Waals surface area contributed by atoms with Gasteiger partial charge in [-0.1, -0.05) is 50.6 Å². The van der Waals surface area contributed by atoms with E-state index in [0.717, 1.165) is 17.4 Å². The van der Waals surface area contributed by atoms with Gasteiger partial charge in [0.1, 0.15) is 18.5 Å². The Hall–Kier alpha value is -0.890. The Bertz CT molecular complexity index is 460. The van der Waals surface area contributed by atoms with Gasteiger partial charge in [-0.15, -0.1) is 0 Å². The number of halogens is 2. The highest BCUT2D eigenvalue weighted by atomic mass is 79.9. The van der Waals surface area contributed by atoms with E-state index in [-0.39, 0.29) is 6.10 Å². The molecule has 7 heteroatoms. The van der Waals surface area contributed by atoms with Gasteiger partial charge >= 0.3 is 5.97 Å². The number of benzene rings is 1. The summed E-state index contributed by atoms with van der Waals surface area (Å²) >= 11 is 6.67. The number of rotatable bonds is 12. The monoisotopic (exact) mass is 450 g/mol. The van der Waals surface area contributed by atoms with Gasteiger partial charge in [0, 0.05) is 23.2 Å². The van der Waals surface area contributed by atoms with Crippen LogP contribution in [0.15, 0.2) is 36.9 Å². The largest absolute Gasteiger partial charge is 0.493 e. The minimum absolute atomic E-state index is 0.0206. The summed E-state index contributed by atoms with van der Waals surface area (Å²) in [5.41, 5.74) is 0.986. The summed E-state index contributed by atoms with van der Waals surface area (Å²) < 4.78 is 10.4. The van der Waals surface area contributed by atoms with Gasteiger partial charge in [-0.3, -0.25) is 0 Å². The zero-order chi connectivity index (χ0) is 16.9. The molecule has 0 spiro atoms. The molecule has 1 aromatic rings. The third-order valence-electron chi connectivity index (χ3n) is 2.67. The number of ether oxygens (including phenoxy) is 2. The van der Waals surface area contributed by atoms with Crippen molar-refractivity contribution in [1.82, 2.24) is 0 Å². The summed E-state index contributed by atoms with van der Waals surface area (Å²) in [7, 11) is 0. The fourth-order valence-corrected chi connectivity index (χ4v) is 2.74. The molecule has 0 bridgehead atoms. The van der Waals surface area contributed by atoms with Crippen LogP contribution in [0.2, 0.25) is 0 Å². The normalized spacial score (nSPS) is 10.6. The van der Waals surface area contributed by atoms with E-state index in [1.165, 1.54) is 0 Å². The van der Waals surface area contributed by atoms with Crippen molar-refractivity contribution in [1.29, 1.82) is 0 Å². The number of esters is 1. The highest BCUT2D eigenvalue weighted by Gasteiger charge is 2.06. The predicted molar refractivity (Wildman–Crippen MR) is 95.0 cm³/mol. The molecule has 1 rings (SSSR count). The molecule has 0 saturated heterocycles. The lowest BCUT2D eigenvalue weighted by Crippen LogP contribution is -2.16. The van der Waals surface area contributed by atoms with Gasteiger partial charge in [0.25, 0.3) is 0 Å². The van der Waals surface area contributed by atoms with Crippen LogP contribution in [0.4, 0.5) is 0 Å². The Balaban J connectivity index is 2.20. The lowest BCUT2D eigenvalue weighted by molar-refractivity contribution is -0.323. The summed E-state index contributed by atoms with van der Waals surface area (Å²) in [5, 5.41) is 1.40. The lowest BCUT2D eigenvalue weighted by atomic mass is 10.2. The first-order valence-corrected chi connectivity index (χ1v) is 9.35. The zero-order valence-electron chi connectivity index (χ0n) is 12.7. The molecule has 0 aromatic heterocycles. The molecule has 23 heavy (non-hydrogen) atoms. The van der Waals surface area contributed by atoms with E-state index < -0.39 is 5.97 Å². The van der Waals surface area contributed by atoms with Crippen molar-refractivity contribution >= 4 is 37.8 Å². The Morgan fingerprint density at radius 2 is 1.87 bits per heavy atom. The molecule has 0 aliphatic heterocycles. The summed E-state index contributed by atoms with van der Waals surface area (Å²) in [5.74, 6) is 0.335. The van der Waals surface area contributed by atoms with Crippen molar-refractivity contribution < 1.29 is 24.0 Å². The summed E-state index contributed by atoms with van der Waals surface area (Å²) in [6.07, 6.45) is 1.75. The van der Waals surface area contributed by atoms with Crippen LogP contribution in [-0.2, 0) is 25.9 Å². The first-order valence-electron chi connectivity index (χ1n) is 7.10. The van der Waals surface area contributed by atoms with Gasteiger partial charge in [-0.05, 0) is 17.7 Å². The second-order valence-corrected chi connectivity index (χ2v) is 5.80. The maximum Gasteiger partial charge on any atom is 0.330 e. The molecular weight excluding hydrogens is 432 g/mol. The molecule has 0 atom stereocenters. The standard InChI is InChI=1S/C16H20Br2O5/c1-2-16(19)21-9-3-8-20-14-6-4-13(5-7-14)12-22-23-15(10-17)11-18/h2,4-7,15H,1,3,8-12H2.